The molecule has 4 N–H and O–H groups in total. The number of benzene rings is 1. The molecule has 0 spiro atoms. The van der Waals surface area contributed by atoms with Crippen molar-refractivity contribution in [3.63, 3.8) is 0 Å². The Morgan fingerprint density at radius 1 is 1.18 bits per heavy atom. The normalized spacial score (nSPS) is 27.5. The summed E-state index contributed by atoms with van der Waals surface area (Å²) in [6, 6.07) is 10.9. The minimum absolute atomic E-state index is 0.266. The number of rotatable bonds is 2. The van der Waals surface area contributed by atoms with Crippen LogP contribution in [0.25, 0.3) is 0 Å². The van der Waals surface area contributed by atoms with Gasteiger partial charge in [0, 0.05) is 11.6 Å². The van der Waals surface area contributed by atoms with Crippen LogP contribution < -0.4 is 20.9 Å². The molecule has 5 heteroatoms. The highest BCUT2D eigenvalue weighted by Crippen LogP contribution is 2.39. The number of fused-ring (bicyclic) bond motifs is 1. The van der Waals surface area contributed by atoms with E-state index in [-0.39, 0.29) is 6.04 Å². The van der Waals surface area contributed by atoms with Crippen molar-refractivity contribution < 1.29 is 4.99 Å². The first-order valence-electron chi connectivity index (χ1n) is 8.03. The predicted molar refractivity (Wildman–Crippen MR) is 91.3 cm³/mol. The third-order valence-electron chi connectivity index (χ3n) is 4.76. The van der Waals surface area contributed by atoms with Crippen LogP contribution in [-0.4, -0.2) is 24.0 Å². The monoisotopic (exact) mass is 313 g/mol. The van der Waals surface area contributed by atoms with E-state index in [0.717, 1.165) is 24.6 Å². The summed E-state index contributed by atoms with van der Waals surface area (Å²) in [5.74, 6) is 1.65. The summed E-state index contributed by atoms with van der Waals surface area (Å²) in [7, 11) is 0. The van der Waals surface area contributed by atoms with E-state index in [0.29, 0.717) is 5.92 Å². The Labute approximate surface area is 136 Å². The Bertz CT molecular complexity index is 650. The first-order chi connectivity index (χ1) is 10.8. The van der Waals surface area contributed by atoms with Crippen LogP contribution in [0.4, 0.5) is 0 Å². The van der Waals surface area contributed by atoms with Gasteiger partial charge < -0.3 is 10.6 Å². The fourth-order valence-electron chi connectivity index (χ4n) is 3.79. The van der Waals surface area contributed by atoms with E-state index < -0.39 is 0 Å². The third-order valence-corrected chi connectivity index (χ3v) is 4.98. The lowest BCUT2D eigenvalue weighted by Crippen LogP contribution is -2.71. The van der Waals surface area contributed by atoms with Crippen LogP contribution in [0.15, 0.2) is 41.6 Å². The van der Waals surface area contributed by atoms with Crippen LogP contribution in [0, 0.1) is 5.92 Å². The zero-order valence-electron chi connectivity index (χ0n) is 12.5. The van der Waals surface area contributed by atoms with Crippen molar-refractivity contribution in [1.82, 2.24) is 16.0 Å². The molecule has 1 aliphatic carbocycles. The minimum Gasteiger partial charge on any atom is -0.355 e. The van der Waals surface area contributed by atoms with Gasteiger partial charge in [-0.3, -0.25) is 10.3 Å². The SMILES string of the molecule is S=C1NC2=C(C3=[NH+]CCN3)CCC[C@H]2[C@H](c2ccccc2)N1. The molecule has 0 radical (unpaired) electrons. The van der Waals surface area contributed by atoms with Gasteiger partial charge in [-0.05, 0) is 37.0 Å². The minimum atomic E-state index is 0.266. The molecular formula is C17H21N4S+. The maximum Gasteiger partial charge on any atom is 0.272 e. The van der Waals surface area contributed by atoms with E-state index in [1.54, 1.807) is 0 Å². The second-order valence-electron chi connectivity index (χ2n) is 6.11. The average Bonchev–Trinajstić information content (AvgIpc) is 3.08. The van der Waals surface area contributed by atoms with Crippen LogP contribution in [0.1, 0.15) is 30.9 Å². The van der Waals surface area contributed by atoms with E-state index in [1.807, 2.05) is 0 Å². The molecule has 0 aromatic heterocycles. The standard InChI is InChI=1S/C17H20N4S/c22-17-20-14(11-5-2-1-3-6-11)12-7-4-8-13(15(12)21-17)16-18-9-10-19-16/h1-3,5-6,12,14H,4,7-10H2,(H,18,19)(H2,20,21,22)/p+1/t12-,14-/m0/s1. The predicted octanol–water partition coefficient (Wildman–Crippen LogP) is 0.342. The lowest BCUT2D eigenvalue weighted by atomic mass is 9.78. The molecule has 0 unspecified atom stereocenters. The quantitative estimate of drug-likeness (QED) is 0.595. The van der Waals surface area contributed by atoms with Crippen molar-refractivity contribution in [2.75, 3.05) is 13.1 Å². The van der Waals surface area contributed by atoms with Gasteiger partial charge in [0.1, 0.15) is 13.1 Å². The molecule has 1 saturated heterocycles. The molecule has 3 aliphatic rings. The van der Waals surface area contributed by atoms with Crippen molar-refractivity contribution >= 4 is 23.2 Å². The van der Waals surface area contributed by atoms with Crippen LogP contribution in [0.3, 0.4) is 0 Å². The molecule has 22 heavy (non-hydrogen) atoms. The van der Waals surface area contributed by atoms with Gasteiger partial charge in [0.15, 0.2) is 5.11 Å². The number of hydrogen-bond donors (Lipinski definition) is 4. The molecule has 2 atom stereocenters. The number of amidine groups is 1. The molecule has 0 saturated carbocycles. The van der Waals surface area contributed by atoms with Gasteiger partial charge in [-0.15, -0.1) is 0 Å². The maximum absolute atomic E-state index is 5.47. The van der Waals surface area contributed by atoms with Gasteiger partial charge in [-0.2, -0.15) is 0 Å². The van der Waals surface area contributed by atoms with Crippen molar-refractivity contribution in [2.45, 2.75) is 25.3 Å². The highest BCUT2D eigenvalue weighted by atomic mass is 32.1. The fourth-order valence-corrected chi connectivity index (χ4v) is 4.03. The Morgan fingerprint density at radius 3 is 2.82 bits per heavy atom. The molecule has 1 aromatic rings. The third kappa shape index (κ3) is 2.39. The average molecular weight is 313 g/mol. The Hall–Kier alpha value is -1.88. The molecule has 1 aromatic carbocycles. The number of thiocarbonyl (C=S) groups is 1. The Morgan fingerprint density at radius 2 is 2.05 bits per heavy atom. The highest BCUT2D eigenvalue weighted by Gasteiger charge is 2.38. The smallest absolute Gasteiger partial charge is 0.272 e. The molecule has 2 aliphatic heterocycles. The van der Waals surface area contributed by atoms with Crippen molar-refractivity contribution in [1.29, 1.82) is 0 Å². The molecular weight excluding hydrogens is 292 g/mol. The molecule has 2 heterocycles. The maximum atomic E-state index is 5.47. The summed E-state index contributed by atoms with van der Waals surface area (Å²) in [5.41, 5.74) is 4.01. The summed E-state index contributed by atoms with van der Waals surface area (Å²) >= 11 is 5.47. The molecule has 1 fully saturated rings. The summed E-state index contributed by atoms with van der Waals surface area (Å²) in [4.78, 5) is 3.47. The van der Waals surface area contributed by atoms with Crippen molar-refractivity contribution in [2.24, 2.45) is 5.92 Å². The van der Waals surface area contributed by atoms with Crippen LogP contribution in [-0.2, 0) is 0 Å². The summed E-state index contributed by atoms with van der Waals surface area (Å²) in [6.45, 7) is 2.00. The van der Waals surface area contributed by atoms with Crippen molar-refractivity contribution in [3.05, 3.63) is 47.2 Å². The molecule has 114 valence electrons. The summed E-state index contributed by atoms with van der Waals surface area (Å²) in [6.07, 6.45) is 3.52. The Balaban J connectivity index is 1.75. The molecule has 4 nitrogen and oxygen atoms in total. The number of nitrogens with one attached hydrogen (secondary N) is 4. The first kappa shape index (κ1) is 13.8. The van der Waals surface area contributed by atoms with Gasteiger partial charge in [-0.1, -0.05) is 30.3 Å². The zero-order valence-corrected chi connectivity index (χ0v) is 13.3. The highest BCUT2D eigenvalue weighted by molar-refractivity contribution is 7.80. The van der Waals surface area contributed by atoms with Gasteiger partial charge in [-0.25, -0.2) is 0 Å². The van der Waals surface area contributed by atoms with E-state index >= 15 is 0 Å². The molecule has 4 rings (SSSR count). The van der Waals surface area contributed by atoms with Gasteiger partial charge in [0.25, 0.3) is 5.84 Å². The van der Waals surface area contributed by atoms with E-state index in [1.165, 1.54) is 35.5 Å². The fraction of sp³-hybridized carbons (Fsp3) is 0.412. The molecule has 0 amide bonds. The molecule has 0 bridgehead atoms. The van der Waals surface area contributed by atoms with E-state index in [4.69, 9.17) is 12.2 Å². The first-order valence-corrected chi connectivity index (χ1v) is 8.44. The summed E-state index contributed by atoms with van der Waals surface area (Å²) < 4.78 is 0. The lowest BCUT2D eigenvalue weighted by Gasteiger charge is -2.40. The van der Waals surface area contributed by atoms with Crippen LogP contribution in [0.5, 0.6) is 0 Å². The topological polar surface area (TPSA) is 50.1 Å². The zero-order chi connectivity index (χ0) is 14.9. The Kier molecular flexibility index (Phi) is 3.58. The van der Waals surface area contributed by atoms with Gasteiger partial charge in [0.2, 0.25) is 0 Å². The van der Waals surface area contributed by atoms with Crippen LogP contribution >= 0.6 is 12.2 Å². The second-order valence-corrected chi connectivity index (χ2v) is 6.51. The summed E-state index contributed by atoms with van der Waals surface area (Å²) in [5, 5.41) is 11.1. The lowest BCUT2D eigenvalue weighted by molar-refractivity contribution is -0.444. The van der Waals surface area contributed by atoms with E-state index in [2.05, 4.69) is 51.3 Å². The largest absolute Gasteiger partial charge is 0.355 e. The van der Waals surface area contributed by atoms with E-state index in [9.17, 15) is 0 Å². The van der Waals surface area contributed by atoms with Crippen LogP contribution in [0.2, 0.25) is 0 Å². The van der Waals surface area contributed by atoms with Gasteiger partial charge in [0.05, 0.1) is 11.6 Å². The van der Waals surface area contributed by atoms with Gasteiger partial charge >= 0.3 is 0 Å². The number of hydrogen-bond acceptors (Lipinski definition) is 2. The van der Waals surface area contributed by atoms with Crippen molar-refractivity contribution in [3.8, 4) is 0 Å². The second kappa shape index (κ2) is 5.72.